The van der Waals surface area contributed by atoms with Crippen molar-refractivity contribution in [2.75, 3.05) is 5.75 Å². The Labute approximate surface area is 203 Å². The summed E-state index contributed by atoms with van der Waals surface area (Å²) in [7, 11) is -11.0. The van der Waals surface area contributed by atoms with Crippen molar-refractivity contribution < 1.29 is 47.6 Å². The fourth-order valence-corrected chi connectivity index (χ4v) is 8.25. The van der Waals surface area contributed by atoms with Crippen LogP contribution in [0.3, 0.4) is 0 Å². The van der Waals surface area contributed by atoms with E-state index in [2.05, 4.69) is 0 Å². The molecule has 0 amide bonds. The van der Waals surface area contributed by atoms with Gasteiger partial charge in [0.1, 0.15) is 0 Å². The summed E-state index contributed by atoms with van der Waals surface area (Å²) in [6, 6.07) is 20.2. The molecule has 3 rings (SSSR count). The molecule has 0 bridgehead atoms. The summed E-state index contributed by atoms with van der Waals surface area (Å²) in [6.45, 7) is 0. The van der Waals surface area contributed by atoms with Crippen LogP contribution in [0.2, 0.25) is 0 Å². The molecular formula is C23H17F7O4S2. The van der Waals surface area contributed by atoms with E-state index in [1.54, 1.807) is 6.07 Å². The minimum atomic E-state index is -7.00. The number of hydrogen-bond acceptors (Lipinski definition) is 4. The number of Topliss-reactive ketones (excluding diaryl/α,β-unsaturated/α-hetero) is 1. The monoisotopic (exact) mass is 554 g/mol. The first-order chi connectivity index (χ1) is 16.7. The van der Waals surface area contributed by atoms with Crippen molar-refractivity contribution in [3.63, 3.8) is 0 Å². The zero-order chi connectivity index (χ0) is 26.8. The molecule has 3 aromatic rings. The lowest BCUT2D eigenvalue weighted by Gasteiger charge is -2.40. The van der Waals surface area contributed by atoms with Crippen molar-refractivity contribution >= 4 is 26.2 Å². The molecule has 13 heteroatoms. The third-order valence-electron chi connectivity index (χ3n) is 4.92. The van der Waals surface area contributed by atoms with E-state index in [9.17, 15) is 43.9 Å². The van der Waals surface area contributed by atoms with Crippen LogP contribution in [0.1, 0.15) is 10.4 Å². The van der Waals surface area contributed by atoms with Crippen LogP contribution in [-0.4, -0.2) is 37.3 Å². The SMILES string of the molecule is O=C(CS(OS(=O)(=O)C(F)(F)C(F)(F)C(F)(F)F)(c1ccccc1)c1ccccc1)c1ccccc1. The highest BCUT2D eigenvalue weighted by atomic mass is 32.3. The van der Waals surface area contributed by atoms with Crippen LogP contribution in [-0.2, 0) is 13.7 Å². The van der Waals surface area contributed by atoms with Gasteiger partial charge in [0.15, 0.2) is 5.78 Å². The first-order valence-electron chi connectivity index (χ1n) is 9.93. The minimum Gasteiger partial charge on any atom is -0.293 e. The summed E-state index contributed by atoms with van der Waals surface area (Å²) >= 11 is 0. The fourth-order valence-electron chi connectivity index (χ4n) is 3.10. The lowest BCUT2D eigenvalue weighted by Crippen LogP contribution is -2.56. The molecule has 0 N–H and O–H groups in total. The van der Waals surface area contributed by atoms with Crippen LogP contribution in [0.25, 0.3) is 0 Å². The van der Waals surface area contributed by atoms with Gasteiger partial charge in [-0.25, -0.2) is 3.63 Å². The molecule has 0 spiro atoms. The standard InChI is InChI=1S/C23H17F7O4S2/c24-21(25,22(26,27)28)23(29,30)36(32,33)34-35(18-12-6-2-7-13-18,19-14-8-3-9-15-19)16-20(31)17-10-4-1-5-11-17/h1-15H,16H2. The van der Waals surface area contributed by atoms with Crippen LogP contribution in [0.5, 0.6) is 0 Å². The molecule has 0 heterocycles. The van der Waals surface area contributed by atoms with E-state index in [-0.39, 0.29) is 15.4 Å². The molecule has 3 aromatic carbocycles. The molecule has 0 radical (unpaired) electrons. The summed E-state index contributed by atoms with van der Waals surface area (Å²) < 4.78 is 125. The van der Waals surface area contributed by atoms with Gasteiger partial charge in [-0.2, -0.15) is 39.2 Å². The third kappa shape index (κ3) is 5.00. The number of halogens is 7. The van der Waals surface area contributed by atoms with Gasteiger partial charge in [0, 0.05) is 15.4 Å². The molecule has 0 aliphatic rings. The van der Waals surface area contributed by atoms with Gasteiger partial charge in [-0.05, 0) is 24.3 Å². The van der Waals surface area contributed by atoms with E-state index in [0.717, 1.165) is 0 Å². The van der Waals surface area contributed by atoms with E-state index in [4.69, 9.17) is 3.63 Å². The molecule has 194 valence electrons. The highest BCUT2D eigenvalue weighted by molar-refractivity contribution is 8.33. The molecule has 0 atom stereocenters. The van der Waals surface area contributed by atoms with Crippen molar-refractivity contribution in [1.82, 2.24) is 0 Å². The van der Waals surface area contributed by atoms with Crippen LogP contribution in [0.15, 0.2) is 101 Å². The lowest BCUT2D eigenvalue weighted by atomic mass is 10.2. The second-order valence-corrected chi connectivity index (χ2v) is 11.9. The Hall–Kier alpha value is -2.90. The second-order valence-electron chi connectivity index (χ2n) is 7.35. The maximum atomic E-state index is 14.4. The molecule has 0 saturated heterocycles. The molecule has 0 aliphatic carbocycles. The number of carbonyl (C=O) groups is 1. The average molecular weight is 555 g/mol. The minimum absolute atomic E-state index is 0.00890. The maximum Gasteiger partial charge on any atom is 0.461 e. The normalized spacial score (nSPS) is 13.9. The molecule has 0 aromatic heterocycles. The van der Waals surface area contributed by atoms with Crippen molar-refractivity contribution in [2.45, 2.75) is 27.1 Å². The predicted molar refractivity (Wildman–Crippen MR) is 119 cm³/mol. The van der Waals surface area contributed by atoms with E-state index < -0.39 is 49.3 Å². The predicted octanol–water partition coefficient (Wildman–Crippen LogP) is 6.84. The van der Waals surface area contributed by atoms with Gasteiger partial charge in [-0.3, -0.25) is 4.79 Å². The summed E-state index contributed by atoms with van der Waals surface area (Å²) in [4.78, 5) is 12.8. The molecular weight excluding hydrogens is 537 g/mol. The Morgan fingerprint density at radius 3 is 1.44 bits per heavy atom. The number of alkyl halides is 7. The average Bonchev–Trinajstić information content (AvgIpc) is 2.84. The molecule has 0 aliphatic heterocycles. The Bertz CT molecular complexity index is 1260. The smallest absolute Gasteiger partial charge is 0.293 e. The Kier molecular flexibility index (Phi) is 7.59. The Morgan fingerprint density at radius 2 is 1.06 bits per heavy atom. The molecule has 4 nitrogen and oxygen atoms in total. The van der Waals surface area contributed by atoms with Gasteiger partial charge in [0.05, 0.1) is 5.75 Å². The number of ketones is 1. The summed E-state index contributed by atoms with van der Waals surface area (Å²) in [5.41, 5.74) is 0.00890. The molecule has 0 fully saturated rings. The van der Waals surface area contributed by atoms with Crippen LogP contribution in [0.4, 0.5) is 30.7 Å². The van der Waals surface area contributed by atoms with E-state index in [1.165, 1.54) is 84.9 Å². The lowest BCUT2D eigenvalue weighted by molar-refractivity contribution is -0.333. The van der Waals surface area contributed by atoms with Crippen molar-refractivity contribution in [3.05, 3.63) is 96.6 Å². The van der Waals surface area contributed by atoms with Gasteiger partial charge in [0.2, 0.25) is 0 Å². The fraction of sp³-hybridized carbons (Fsp3) is 0.174. The van der Waals surface area contributed by atoms with Crippen LogP contribution < -0.4 is 0 Å². The number of rotatable bonds is 9. The molecule has 0 unspecified atom stereocenters. The maximum absolute atomic E-state index is 14.4. The van der Waals surface area contributed by atoms with Crippen molar-refractivity contribution in [3.8, 4) is 0 Å². The van der Waals surface area contributed by atoms with Gasteiger partial charge in [-0.15, -0.1) is 0 Å². The zero-order valence-corrected chi connectivity index (χ0v) is 19.6. The van der Waals surface area contributed by atoms with E-state index >= 15 is 0 Å². The van der Waals surface area contributed by atoms with E-state index in [1.807, 2.05) is 0 Å². The highest BCUT2D eigenvalue weighted by Gasteiger charge is 2.80. The number of hydrogen-bond donors (Lipinski definition) is 0. The first-order valence-corrected chi connectivity index (χ1v) is 13.1. The summed E-state index contributed by atoms with van der Waals surface area (Å²) in [5.74, 6) is -8.75. The molecule has 36 heavy (non-hydrogen) atoms. The van der Waals surface area contributed by atoms with Gasteiger partial charge in [-0.1, -0.05) is 77.0 Å². The Morgan fingerprint density at radius 1 is 0.667 bits per heavy atom. The number of carbonyl (C=O) groups excluding carboxylic acids is 1. The topological polar surface area (TPSA) is 60.4 Å². The van der Waals surface area contributed by atoms with Crippen molar-refractivity contribution in [2.24, 2.45) is 0 Å². The largest absolute Gasteiger partial charge is 0.461 e. The van der Waals surface area contributed by atoms with Crippen LogP contribution in [0, 0.1) is 0 Å². The highest BCUT2D eigenvalue weighted by Crippen LogP contribution is 2.66. The molecule has 0 saturated carbocycles. The summed E-state index contributed by atoms with van der Waals surface area (Å²) in [5, 5.41) is -6.71. The number of benzene rings is 3. The van der Waals surface area contributed by atoms with Gasteiger partial charge in [0.25, 0.3) is 0 Å². The summed E-state index contributed by atoms with van der Waals surface area (Å²) in [6.07, 6.45) is -6.91. The van der Waals surface area contributed by atoms with Crippen LogP contribution >= 0.6 is 10.3 Å². The first kappa shape index (κ1) is 27.7. The van der Waals surface area contributed by atoms with E-state index in [0.29, 0.717) is 0 Å². The second kappa shape index (κ2) is 9.87. The van der Waals surface area contributed by atoms with Crippen molar-refractivity contribution in [1.29, 1.82) is 0 Å². The third-order valence-corrected chi connectivity index (χ3v) is 10.2. The van der Waals surface area contributed by atoms with Gasteiger partial charge >= 0.3 is 27.5 Å². The Balaban J connectivity index is 2.26. The quantitative estimate of drug-likeness (QED) is 0.215. The van der Waals surface area contributed by atoms with Gasteiger partial charge < -0.3 is 0 Å². The zero-order valence-electron chi connectivity index (χ0n) is 18.0.